The van der Waals surface area contributed by atoms with Crippen molar-refractivity contribution in [2.45, 2.75) is 25.7 Å². The lowest BCUT2D eigenvalue weighted by molar-refractivity contribution is -0.115. The summed E-state index contributed by atoms with van der Waals surface area (Å²) in [6.45, 7) is 0. The number of fused-ring (bicyclic) bond motifs is 1. The zero-order valence-corrected chi connectivity index (χ0v) is 15.4. The Bertz CT molecular complexity index is 1010. The molecule has 0 radical (unpaired) electrons. The number of alkyl halides is 1. The minimum atomic E-state index is -0.220. The summed E-state index contributed by atoms with van der Waals surface area (Å²) in [7, 11) is 0. The van der Waals surface area contributed by atoms with Gasteiger partial charge in [-0.05, 0) is 30.7 Å². The molecule has 134 valence electrons. The van der Waals surface area contributed by atoms with Crippen LogP contribution in [0.1, 0.15) is 24.1 Å². The van der Waals surface area contributed by atoms with Crippen molar-refractivity contribution in [3.63, 3.8) is 0 Å². The Morgan fingerprint density at radius 3 is 3.08 bits per heavy atom. The molecule has 0 fully saturated rings. The van der Waals surface area contributed by atoms with Crippen LogP contribution in [-0.4, -0.2) is 31.5 Å². The molecule has 0 bridgehead atoms. The summed E-state index contributed by atoms with van der Waals surface area (Å²) in [5, 5.41) is 9.30. The molecule has 2 N–H and O–H groups in total. The van der Waals surface area contributed by atoms with E-state index in [9.17, 15) is 9.59 Å². The second-order valence-corrected chi connectivity index (χ2v) is 7.29. The molecule has 7 nitrogen and oxygen atoms in total. The number of nitrogens with zero attached hydrogens (tertiary/aromatic N) is 3. The van der Waals surface area contributed by atoms with Crippen LogP contribution in [-0.2, 0) is 17.6 Å². The van der Waals surface area contributed by atoms with Crippen LogP contribution in [0.25, 0.3) is 16.5 Å². The maximum atomic E-state index is 12.3. The summed E-state index contributed by atoms with van der Waals surface area (Å²) in [6.07, 6.45) is 2.64. The number of nitrogens with one attached hydrogen (secondary N) is 2. The molecule has 0 saturated heterocycles. The highest BCUT2D eigenvalue weighted by Gasteiger charge is 2.20. The van der Waals surface area contributed by atoms with Gasteiger partial charge in [-0.15, -0.1) is 22.9 Å². The minimum absolute atomic E-state index is 0.145. The number of aromatic amines is 1. The summed E-state index contributed by atoms with van der Waals surface area (Å²) in [5.41, 5.74) is 2.10. The van der Waals surface area contributed by atoms with Crippen molar-refractivity contribution in [2.75, 3.05) is 11.2 Å². The lowest BCUT2D eigenvalue weighted by atomic mass is 10.3. The maximum absolute atomic E-state index is 12.3. The molecule has 1 aliphatic carbocycles. The number of halogens is 1. The average molecular weight is 390 g/mol. The van der Waals surface area contributed by atoms with Crippen molar-refractivity contribution in [3.8, 4) is 16.5 Å². The zero-order chi connectivity index (χ0) is 18.1. The van der Waals surface area contributed by atoms with Gasteiger partial charge in [0.25, 0.3) is 5.56 Å². The number of aryl methyl sites for hydroxylation is 1. The van der Waals surface area contributed by atoms with E-state index in [4.69, 9.17) is 11.6 Å². The van der Waals surface area contributed by atoms with Gasteiger partial charge in [0.15, 0.2) is 0 Å². The summed E-state index contributed by atoms with van der Waals surface area (Å²) in [5.74, 6) is 0.762. The van der Waals surface area contributed by atoms with E-state index in [0.29, 0.717) is 17.5 Å². The molecule has 0 saturated carbocycles. The Morgan fingerprint density at radius 1 is 1.42 bits per heavy atom. The fraction of sp³-hybridized carbons (Fsp3) is 0.294. The highest BCUT2D eigenvalue weighted by atomic mass is 35.5. The predicted octanol–water partition coefficient (Wildman–Crippen LogP) is 2.74. The summed E-state index contributed by atoms with van der Waals surface area (Å²) in [4.78, 5) is 32.7. The molecule has 1 aliphatic rings. The van der Waals surface area contributed by atoms with E-state index in [1.807, 2.05) is 17.5 Å². The monoisotopic (exact) mass is 389 g/mol. The lowest BCUT2D eigenvalue weighted by Gasteiger charge is -2.08. The number of hydrogen-bond donors (Lipinski definition) is 2. The summed E-state index contributed by atoms with van der Waals surface area (Å²) < 4.78 is 1.47. The van der Waals surface area contributed by atoms with Gasteiger partial charge in [0.2, 0.25) is 11.9 Å². The van der Waals surface area contributed by atoms with Crippen LogP contribution in [0, 0.1) is 0 Å². The van der Waals surface area contributed by atoms with E-state index in [0.717, 1.165) is 35.4 Å². The van der Waals surface area contributed by atoms with Crippen molar-refractivity contribution < 1.29 is 4.79 Å². The van der Waals surface area contributed by atoms with Gasteiger partial charge in [-0.3, -0.25) is 14.6 Å². The van der Waals surface area contributed by atoms with Crippen molar-refractivity contribution in [3.05, 3.63) is 45.2 Å². The molecule has 9 heteroatoms. The van der Waals surface area contributed by atoms with E-state index < -0.39 is 0 Å². The Kier molecular flexibility index (Phi) is 4.60. The van der Waals surface area contributed by atoms with Crippen LogP contribution in [0.3, 0.4) is 0 Å². The third-order valence-electron chi connectivity index (χ3n) is 4.20. The molecule has 3 aromatic heterocycles. The van der Waals surface area contributed by atoms with Gasteiger partial charge in [0.05, 0.1) is 10.6 Å². The molecule has 0 atom stereocenters. The number of carbonyl (C=O) groups excluding carboxylic acids is 1. The van der Waals surface area contributed by atoms with Crippen molar-refractivity contribution in [1.82, 2.24) is 19.7 Å². The maximum Gasteiger partial charge on any atom is 0.255 e. The smallest absolute Gasteiger partial charge is 0.255 e. The molecule has 26 heavy (non-hydrogen) atoms. The number of anilines is 1. The first-order chi connectivity index (χ1) is 12.7. The molecule has 0 spiro atoms. The number of H-pyrrole nitrogens is 1. The van der Waals surface area contributed by atoms with E-state index in [-0.39, 0.29) is 23.8 Å². The number of hydrogen-bond acceptors (Lipinski definition) is 5. The fourth-order valence-corrected chi connectivity index (χ4v) is 3.85. The third-order valence-corrected chi connectivity index (χ3v) is 5.28. The molecule has 0 aliphatic heterocycles. The first-order valence-corrected chi connectivity index (χ1v) is 9.69. The second-order valence-electron chi connectivity index (χ2n) is 5.96. The van der Waals surface area contributed by atoms with Crippen LogP contribution >= 0.6 is 22.9 Å². The van der Waals surface area contributed by atoms with Crippen LogP contribution in [0.5, 0.6) is 0 Å². The average Bonchev–Trinajstić information content (AvgIpc) is 3.35. The first kappa shape index (κ1) is 17.0. The number of amides is 1. The second kappa shape index (κ2) is 7.05. The van der Waals surface area contributed by atoms with E-state index in [1.54, 1.807) is 17.4 Å². The minimum Gasteiger partial charge on any atom is -0.310 e. The number of aromatic nitrogens is 4. The normalized spacial score (nSPS) is 13.0. The summed E-state index contributed by atoms with van der Waals surface area (Å²) >= 11 is 7.19. The zero-order valence-electron chi connectivity index (χ0n) is 13.8. The van der Waals surface area contributed by atoms with Gasteiger partial charge in [0.1, 0.15) is 11.5 Å². The number of thiophene rings is 1. The molecule has 3 heterocycles. The van der Waals surface area contributed by atoms with Gasteiger partial charge >= 0.3 is 0 Å². The molecule has 4 rings (SSSR count). The van der Waals surface area contributed by atoms with Crippen molar-refractivity contribution >= 4 is 34.7 Å². The first-order valence-electron chi connectivity index (χ1n) is 8.28. The van der Waals surface area contributed by atoms with Crippen LogP contribution in [0.15, 0.2) is 28.4 Å². The van der Waals surface area contributed by atoms with Gasteiger partial charge in [-0.2, -0.15) is 9.78 Å². The largest absolute Gasteiger partial charge is 0.310 e. The highest BCUT2D eigenvalue weighted by molar-refractivity contribution is 7.13. The van der Waals surface area contributed by atoms with Gasteiger partial charge in [0, 0.05) is 23.9 Å². The lowest BCUT2D eigenvalue weighted by Crippen LogP contribution is -2.21. The fourth-order valence-electron chi connectivity index (χ4n) is 3.00. The standard InChI is InChI=1S/C17H16ClN5O2S/c18-7-6-15(24)20-14-9-12(13-5-2-8-26-13)22-23(14)17-19-11-4-1-3-10(11)16(25)21-17/h2,5,8-9H,1,3-4,6-7H2,(H,20,24)(H,19,21,25). The number of carbonyl (C=O) groups is 1. The molecule has 0 unspecified atom stereocenters. The molecule has 1 amide bonds. The molecular formula is C17H16ClN5O2S. The number of rotatable bonds is 5. The predicted molar refractivity (Wildman–Crippen MR) is 101 cm³/mol. The Morgan fingerprint density at radius 2 is 2.31 bits per heavy atom. The van der Waals surface area contributed by atoms with Crippen molar-refractivity contribution in [1.29, 1.82) is 0 Å². The highest BCUT2D eigenvalue weighted by Crippen LogP contribution is 2.27. The van der Waals surface area contributed by atoms with E-state index >= 15 is 0 Å². The molecule has 0 aromatic carbocycles. The van der Waals surface area contributed by atoms with Crippen LogP contribution < -0.4 is 10.9 Å². The van der Waals surface area contributed by atoms with Gasteiger partial charge in [-0.1, -0.05) is 6.07 Å². The van der Waals surface area contributed by atoms with Crippen LogP contribution in [0.2, 0.25) is 0 Å². The topological polar surface area (TPSA) is 92.7 Å². The SMILES string of the molecule is O=C(CCCl)Nc1cc(-c2cccs2)nn1-c1nc2c(c(=O)[nH]1)CCC2. The van der Waals surface area contributed by atoms with E-state index in [2.05, 4.69) is 20.4 Å². The third kappa shape index (κ3) is 3.17. The van der Waals surface area contributed by atoms with Crippen molar-refractivity contribution in [2.24, 2.45) is 0 Å². The van der Waals surface area contributed by atoms with E-state index in [1.165, 1.54) is 4.68 Å². The quantitative estimate of drug-likeness (QED) is 0.656. The Balaban J connectivity index is 1.80. The molecule has 3 aromatic rings. The Labute approximate surface area is 158 Å². The van der Waals surface area contributed by atoms with Gasteiger partial charge in [-0.25, -0.2) is 4.98 Å². The van der Waals surface area contributed by atoms with Gasteiger partial charge < -0.3 is 5.32 Å². The Hall–Kier alpha value is -2.45. The summed E-state index contributed by atoms with van der Waals surface area (Å²) in [6, 6.07) is 5.64. The molecular weight excluding hydrogens is 374 g/mol. The van der Waals surface area contributed by atoms with Crippen LogP contribution in [0.4, 0.5) is 5.82 Å².